The Balaban J connectivity index is 1.97. The molecule has 0 aliphatic carbocycles. The predicted molar refractivity (Wildman–Crippen MR) is 66.2 cm³/mol. The van der Waals surface area contributed by atoms with E-state index in [0.717, 1.165) is 22.6 Å². The molecule has 3 aromatic rings. The molecule has 0 amide bonds. The number of methoxy groups -OCH3 is 1. The van der Waals surface area contributed by atoms with Crippen LogP contribution in [0.4, 0.5) is 0 Å². The van der Waals surface area contributed by atoms with Crippen molar-refractivity contribution in [2.24, 2.45) is 0 Å². The number of hydrogen-bond donors (Lipinski definition) is 0. The minimum atomic E-state index is 0.682. The van der Waals surface area contributed by atoms with Crippen molar-refractivity contribution >= 4 is 0 Å². The monoisotopic (exact) mass is 241 g/mol. The molecule has 3 rings (SSSR count). The summed E-state index contributed by atoms with van der Waals surface area (Å²) in [4.78, 5) is 0. The summed E-state index contributed by atoms with van der Waals surface area (Å²) in [6.07, 6.45) is 3.22. The Kier molecular flexibility index (Phi) is 2.61. The van der Waals surface area contributed by atoms with Crippen LogP contribution in [-0.2, 0) is 0 Å². The fraction of sp³-hybridized carbons (Fsp3) is 0.0714. The third-order valence-corrected chi connectivity index (χ3v) is 2.68. The zero-order valence-corrected chi connectivity index (χ0v) is 9.79. The van der Waals surface area contributed by atoms with Crippen molar-refractivity contribution in [3.05, 3.63) is 48.9 Å². The average Bonchev–Trinajstić information content (AvgIpc) is 3.09. The quantitative estimate of drug-likeness (QED) is 0.702. The van der Waals surface area contributed by atoms with Crippen LogP contribution >= 0.6 is 0 Å². The van der Waals surface area contributed by atoms with Gasteiger partial charge in [0, 0.05) is 11.6 Å². The van der Waals surface area contributed by atoms with Gasteiger partial charge in [0.1, 0.15) is 17.7 Å². The van der Waals surface area contributed by atoms with Crippen molar-refractivity contribution < 1.29 is 13.7 Å². The molecule has 0 unspecified atom stereocenters. The number of furan rings is 1. The molecule has 4 nitrogen and oxygen atoms in total. The Bertz CT molecular complexity index is 641. The lowest BCUT2D eigenvalue weighted by molar-refractivity contribution is 0.414. The van der Waals surface area contributed by atoms with Crippen molar-refractivity contribution in [1.82, 2.24) is 5.16 Å². The Morgan fingerprint density at radius 1 is 1.11 bits per heavy atom. The Morgan fingerprint density at radius 2 is 2.06 bits per heavy atom. The van der Waals surface area contributed by atoms with Gasteiger partial charge in [0.15, 0.2) is 5.76 Å². The zero-order chi connectivity index (χ0) is 12.4. The van der Waals surface area contributed by atoms with E-state index in [1.165, 1.54) is 0 Å². The van der Waals surface area contributed by atoms with Crippen LogP contribution in [0.5, 0.6) is 5.75 Å². The molecule has 2 aromatic heterocycles. The summed E-state index contributed by atoms with van der Waals surface area (Å²) in [7, 11) is 1.64. The van der Waals surface area contributed by atoms with Crippen LogP contribution in [0.15, 0.2) is 57.9 Å². The lowest BCUT2D eigenvalue weighted by Crippen LogP contribution is -1.83. The molecule has 0 saturated carbocycles. The van der Waals surface area contributed by atoms with Crippen molar-refractivity contribution in [3.8, 4) is 28.3 Å². The second-order valence-electron chi connectivity index (χ2n) is 3.82. The third-order valence-electron chi connectivity index (χ3n) is 2.68. The first-order valence-electron chi connectivity index (χ1n) is 5.50. The summed E-state index contributed by atoms with van der Waals surface area (Å²) in [5.74, 6) is 1.47. The number of rotatable bonds is 3. The van der Waals surface area contributed by atoms with Gasteiger partial charge in [-0.2, -0.15) is 0 Å². The van der Waals surface area contributed by atoms with Crippen molar-refractivity contribution in [2.45, 2.75) is 0 Å². The molecule has 0 saturated heterocycles. The summed E-state index contributed by atoms with van der Waals surface area (Å²) >= 11 is 0. The summed E-state index contributed by atoms with van der Waals surface area (Å²) in [5.41, 5.74) is 2.59. The molecule has 0 radical (unpaired) electrons. The van der Waals surface area contributed by atoms with Crippen LogP contribution in [0.3, 0.4) is 0 Å². The van der Waals surface area contributed by atoms with Crippen LogP contribution in [0.2, 0.25) is 0 Å². The standard InChI is InChI=1S/C14H11NO3/c1-16-12-4-2-3-10(7-12)13-8-14(18-15-13)11-5-6-17-9-11/h2-9H,1H3. The molecular weight excluding hydrogens is 230 g/mol. The number of ether oxygens (including phenoxy) is 1. The molecule has 0 bridgehead atoms. The van der Waals surface area contributed by atoms with E-state index in [4.69, 9.17) is 13.7 Å². The molecule has 18 heavy (non-hydrogen) atoms. The van der Waals surface area contributed by atoms with E-state index in [2.05, 4.69) is 5.16 Å². The van der Waals surface area contributed by atoms with Gasteiger partial charge in [0.05, 0.1) is 18.9 Å². The number of benzene rings is 1. The van der Waals surface area contributed by atoms with E-state index in [0.29, 0.717) is 5.76 Å². The maximum absolute atomic E-state index is 5.29. The topological polar surface area (TPSA) is 48.4 Å². The van der Waals surface area contributed by atoms with Gasteiger partial charge < -0.3 is 13.7 Å². The van der Waals surface area contributed by atoms with Gasteiger partial charge >= 0.3 is 0 Å². The smallest absolute Gasteiger partial charge is 0.170 e. The van der Waals surface area contributed by atoms with Crippen molar-refractivity contribution in [1.29, 1.82) is 0 Å². The maximum atomic E-state index is 5.29. The molecule has 0 atom stereocenters. The molecule has 0 fully saturated rings. The molecule has 0 aliphatic heterocycles. The van der Waals surface area contributed by atoms with Crippen LogP contribution in [-0.4, -0.2) is 12.3 Å². The largest absolute Gasteiger partial charge is 0.497 e. The number of nitrogens with zero attached hydrogens (tertiary/aromatic N) is 1. The zero-order valence-electron chi connectivity index (χ0n) is 9.79. The molecule has 0 spiro atoms. The lowest BCUT2D eigenvalue weighted by Gasteiger charge is -2.00. The highest BCUT2D eigenvalue weighted by Gasteiger charge is 2.09. The molecule has 0 aliphatic rings. The van der Waals surface area contributed by atoms with Crippen LogP contribution in [0.25, 0.3) is 22.6 Å². The van der Waals surface area contributed by atoms with E-state index in [-0.39, 0.29) is 0 Å². The fourth-order valence-electron chi connectivity index (χ4n) is 1.73. The average molecular weight is 241 g/mol. The third kappa shape index (κ3) is 1.88. The summed E-state index contributed by atoms with van der Waals surface area (Å²) in [6, 6.07) is 11.4. The number of hydrogen-bond acceptors (Lipinski definition) is 4. The van der Waals surface area contributed by atoms with Gasteiger partial charge in [-0.25, -0.2) is 0 Å². The molecule has 90 valence electrons. The normalized spacial score (nSPS) is 10.5. The van der Waals surface area contributed by atoms with Gasteiger partial charge in [-0.15, -0.1) is 0 Å². The summed E-state index contributed by atoms with van der Waals surface area (Å²) < 4.78 is 15.5. The first-order valence-corrected chi connectivity index (χ1v) is 5.50. The lowest BCUT2D eigenvalue weighted by atomic mass is 10.1. The van der Waals surface area contributed by atoms with E-state index < -0.39 is 0 Å². The Hall–Kier alpha value is -2.49. The van der Waals surface area contributed by atoms with Crippen molar-refractivity contribution in [2.75, 3.05) is 7.11 Å². The molecular formula is C14H11NO3. The highest BCUT2D eigenvalue weighted by molar-refractivity contribution is 5.67. The minimum absolute atomic E-state index is 0.682. The predicted octanol–water partition coefficient (Wildman–Crippen LogP) is 3.61. The van der Waals surface area contributed by atoms with Gasteiger partial charge in [-0.1, -0.05) is 17.3 Å². The Labute approximate surface area is 104 Å². The fourth-order valence-corrected chi connectivity index (χ4v) is 1.73. The molecule has 1 aromatic carbocycles. The summed E-state index contributed by atoms with van der Waals surface area (Å²) in [6.45, 7) is 0. The van der Waals surface area contributed by atoms with E-state index in [9.17, 15) is 0 Å². The van der Waals surface area contributed by atoms with E-state index in [1.54, 1.807) is 19.6 Å². The van der Waals surface area contributed by atoms with Crippen molar-refractivity contribution in [3.63, 3.8) is 0 Å². The SMILES string of the molecule is COc1cccc(-c2cc(-c3ccoc3)on2)c1. The molecule has 4 heteroatoms. The summed E-state index contributed by atoms with van der Waals surface area (Å²) in [5, 5.41) is 4.05. The first kappa shape index (κ1) is 10.7. The van der Waals surface area contributed by atoms with Gasteiger partial charge in [0.25, 0.3) is 0 Å². The second-order valence-corrected chi connectivity index (χ2v) is 3.82. The first-order chi connectivity index (χ1) is 8.86. The van der Waals surface area contributed by atoms with Gasteiger partial charge in [-0.3, -0.25) is 0 Å². The van der Waals surface area contributed by atoms with Crippen LogP contribution < -0.4 is 4.74 Å². The molecule has 2 heterocycles. The highest BCUT2D eigenvalue weighted by Crippen LogP contribution is 2.27. The minimum Gasteiger partial charge on any atom is -0.497 e. The van der Waals surface area contributed by atoms with Gasteiger partial charge in [0.2, 0.25) is 0 Å². The maximum Gasteiger partial charge on any atom is 0.170 e. The van der Waals surface area contributed by atoms with Gasteiger partial charge in [-0.05, 0) is 18.2 Å². The number of aromatic nitrogens is 1. The highest BCUT2D eigenvalue weighted by atomic mass is 16.5. The Morgan fingerprint density at radius 3 is 2.83 bits per heavy atom. The van der Waals surface area contributed by atoms with Crippen LogP contribution in [0, 0.1) is 0 Å². The van der Waals surface area contributed by atoms with E-state index >= 15 is 0 Å². The second kappa shape index (κ2) is 4.41. The molecule has 0 N–H and O–H groups in total. The van der Waals surface area contributed by atoms with Crippen LogP contribution in [0.1, 0.15) is 0 Å². The van der Waals surface area contributed by atoms with E-state index in [1.807, 2.05) is 36.4 Å².